The highest BCUT2D eigenvalue weighted by Crippen LogP contribution is 2.36. The second-order valence-corrected chi connectivity index (χ2v) is 5.28. The van der Waals surface area contributed by atoms with Gasteiger partial charge in [0, 0.05) is 17.7 Å². The Kier molecular flexibility index (Phi) is 4.42. The van der Waals surface area contributed by atoms with Crippen LogP contribution >= 0.6 is 0 Å². The molecule has 0 aromatic heterocycles. The lowest BCUT2D eigenvalue weighted by molar-refractivity contribution is -0.384. The number of nitrogens with zero attached hydrogens (tertiary/aromatic N) is 2. The predicted molar refractivity (Wildman–Crippen MR) is 89.8 cm³/mol. The van der Waals surface area contributed by atoms with Gasteiger partial charge in [-0.05, 0) is 24.3 Å². The number of nitro groups is 1. The first-order valence-electron chi connectivity index (χ1n) is 7.50. The van der Waals surface area contributed by atoms with Gasteiger partial charge in [-0.15, -0.1) is 0 Å². The first-order chi connectivity index (χ1) is 12.0. The summed E-state index contributed by atoms with van der Waals surface area (Å²) in [5, 5.41) is 11.0. The van der Waals surface area contributed by atoms with E-state index in [1.807, 2.05) is 0 Å². The molecule has 0 N–H and O–H groups in total. The van der Waals surface area contributed by atoms with E-state index < -0.39 is 4.92 Å². The van der Waals surface area contributed by atoms with Crippen LogP contribution in [0, 0.1) is 10.1 Å². The minimum absolute atomic E-state index is 0.102. The van der Waals surface area contributed by atoms with Gasteiger partial charge in [0.05, 0.1) is 31.4 Å². The largest absolute Gasteiger partial charge is 0.493 e. The number of amides is 1. The predicted octanol–water partition coefficient (Wildman–Crippen LogP) is 2.65. The molecule has 0 saturated heterocycles. The molecule has 0 bridgehead atoms. The number of ether oxygens (including phenoxy) is 3. The van der Waals surface area contributed by atoms with E-state index in [4.69, 9.17) is 14.2 Å². The lowest BCUT2D eigenvalue weighted by atomic mass is 10.1. The second kappa shape index (κ2) is 6.68. The first-order valence-corrected chi connectivity index (χ1v) is 7.50. The van der Waals surface area contributed by atoms with Gasteiger partial charge in [0.15, 0.2) is 11.5 Å². The number of benzene rings is 2. The first kappa shape index (κ1) is 16.6. The van der Waals surface area contributed by atoms with E-state index in [0.717, 1.165) is 0 Å². The maximum Gasteiger partial charge on any atom is 0.271 e. The minimum atomic E-state index is -0.506. The van der Waals surface area contributed by atoms with Crippen molar-refractivity contribution in [3.8, 4) is 17.2 Å². The number of nitro benzene ring substituents is 1. The van der Waals surface area contributed by atoms with E-state index in [1.165, 1.54) is 37.3 Å². The maximum absolute atomic E-state index is 12.9. The van der Waals surface area contributed by atoms with Crippen molar-refractivity contribution < 1.29 is 23.9 Å². The van der Waals surface area contributed by atoms with E-state index in [2.05, 4.69) is 0 Å². The molecule has 0 atom stereocenters. The molecule has 0 radical (unpaired) electrons. The Bertz CT molecular complexity index is 836. The fourth-order valence-corrected chi connectivity index (χ4v) is 2.66. The van der Waals surface area contributed by atoms with Gasteiger partial charge in [0.2, 0.25) is 0 Å². The Morgan fingerprint density at radius 1 is 1.16 bits per heavy atom. The van der Waals surface area contributed by atoms with Crippen LogP contribution in [-0.4, -0.2) is 38.2 Å². The van der Waals surface area contributed by atoms with Crippen molar-refractivity contribution in [2.24, 2.45) is 0 Å². The van der Waals surface area contributed by atoms with Gasteiger partial charge < -0.3 is 19.1 Å². The van der Waals surface area contributed by atoms with Crippen LogP contribution in [0.1, 0.15) is 10.4 Å². The summed E-state index contributed by atoms with van der Waals surface area (Å²) in [6.45, 7) is 0.602. The molecule has 0 saturated carbocycles. The van der Waals surface area contributed by atoms with Crippen molar-refractivity contribution in [2.45, 2.75) is 0 Å². The van der Waals surface area contributed by atoms with Crippen LogP contribution in [0.25, 0.3) is 0 Å². The fourth-order valence-electron chi connectivity index (χ4n) is 2.66. The SMILES string of the molecule is COc1ccc(C(=O)N2CCOc3ccc([N+](=O)[O-])cc32)cc1OC. The molecule has 0 fully saturated rings. The quantitative estimate of drug-likeness (QED) is 0.625. The van der Waals surface area contributed by atoms with Crippen molar-refractivity contribution >= 4 is 17.3 Å². The normalized spacial score (nSPS) is 12.8. The van der Waals surface area contributed by atoms with Crippen LogP contribution in [0.15, 0.2) is 36.4 Å². The summed E-state index contributed by atoms with van der Waals surface area (Å²) in [7, 11) is 3.00. The van der Waals surface area contributed by atoms with Crippen molar-refractivity contribution in [1.82, 2.24) is 0 Å². The standard InChI is InChI=1S/C17H16N2O6/c1-23-15-5-3-11(9-16(15)24-2)17(20)18-7-8-25-14-6-4-12(19(21)22)10-13(14)18/h3-6,9-10H,7-8H2,1-2H3. The van der Waals surface area contributed by atoms with Crippen molar-refractivity contribution in [2.75, 3.05) is 32.3 Å². The van der Waals surface area contributed by atoms with Crippen LogP contribution in [-0.2, 0) is 0 Å². The van der Waals surface area contributed by atoms with Gasteiger partial charge >= 0.3 is 0 Å². The molecule has 0 spiro atoms. The van der Waals surface area contributed by atoms with Crippen LogP contribution in [0.5, 0.6) is 17.2 Å². The molecule has 8 heteroatoms. The highest BCUT2D eigenvalue weighted by atomic mass is 16.6. The molecule has 0 unspecified atom stereocenters. The molecule has 1 aliphatic rings. The van der Waals surface area contributed by atoms with Gasteiger partial charge in [-0.2, -0.15) is 0 Å². The van der Waals surface area contributed by atoms with Crippen LogP contribution in [0.4, 0.5) is 11.4 Å². The zero-order chi connectivity index (χ0) is 18.0. The summed E-state index contributed by atoms with van der Waals surface area (Å²) in [6, 6.07) is 9.03. The number of rotatable bonds is 4. The lowest BCUT2D eigenvalue weighted by Crippen LogP contribution is -2.38. The van der Waals surface area contributed by atoms with Crippen LogP contribution in [0.2, 0.25) is 0 Å². The summed E-state index contributed by atoms with van der Waals surface area (Å²) < 4.78 is 15.9. The topological polar surface area (TPSA) is 91.1 Å². The number of hydrogen-bond donors (Lipinski definition) is 0. The molecule has 25 heavy (non-hydrogen) atoms. The summed E-state index contributed by atoms with van der Waals surface area (Å²) >= 11 is 0. The molecule has 3 rings (SSSR count). The summed E-state index contributed by atoms with van der Waals surface area (Å²) in [5.74, 6) is 1.08. The third kappa shape index (κ3) is 3.06. The smallest absolute Gasteiger partial charge is 0.271 e. The van der Waals surface area contributed by atoms with Crippen LogP contribution in [0.3, 0.4) is 0 Å². The minimum Gasteiger partial charge on any atom is -0.493 e. The number of non-ortho nitro benzene ring substituents is 1. The Hall–Kier alpha value is -3.29. The number of fused-ring (bicyclic) bond motifs is 1. The van der Waals surface area contributed by atoms with Gasteiger partial charge in [-0.3, -0.25) is 14.9 Å². The van der Waals surface area contributed by atoms with Gasteiger partial charge in [-0.1, -0.05) is 0 Å². The lowest BCUT2D eigenvalue weighted by Gasteiger charge is -2.29. The third-order valence-electron chi connectivity index (χ3n) is 3.89. The van der Waals surface area contributed by atoms with Gasteiger partial charge in [0.1, 0.15) is 12.4 Å². The Morgan fingerprint density at radius 2 is 1.92 bits per heavy atom. The van der Waals surface area contributed by atoms with Crippen molar-refractivity contribution in [3.05, 3.63) is 52.1 Å². The molecule has 1 aliphatic heterocycles. The molecular weight excluding hydrogens is 328 g/mol. The Balaban J connectivity index is 1.99. The average molecular weight is 344 g/mol. The molecule has 2 aromatic carbocycles. The zero-order valence-corrected chi connectivity index (χ0v) is 13.7. The number of anilines is 1. The number of hydrogen-bond acceptors (Lipinski definition) is 6. The van der Waals surface area contributed by atoms with E-state index in [-0.39, 0.29) is 11.6 Å². The number of methoxy groups -OCH3 is 2. The fraction of sp³-hybridized carbons (Fsp3) is 0.235. The van der Waals surface area contributed by atoms with E-state index >= 15 is 0 Å². The summed E-state index contributed by atoms with van der Waals surface area (Å²) in [4.78, 5) is 24.9. The summed E-state index contributed by atoms with van der Waals surface area (Å²) in [6.07, 6.45) is 0. The van der Waals surface area contributed by atoms with Crippen LogP contribution < -0.4 is 19.1 Å². The molecule has 8 nitrogen and oxygen atoms in total. The van der Waals surface area contributed by atoms with E-state index in [0.29, 0.717) is 41.7 Å². The Morgan fingerprint density at radius 3 is 2.60 bits per heavy atom. The van der Waals surface area contributed by atoms with E-state index in [9.17, 15) is 14.9 Å². The highest BCUT2D eigenvalue weighted by molar-refractivity contribution is 6.07. The maximum atomic E-state index is 12.9. The number of carbonyl (C=O) groups excluding carboxylic acids is 1. The monoisotopic (exact) mass is 344 g/mol. The highest BCUT2D eigenvalue weighted by Gasteiger charge is 2.27. The van der Waals surface area contributed by atoms with Crippen molar-refractivity contribution in [1.29, 1.82) is 0 Å². The molecule has 1 amide bonds. The number of carbonyl (C=O) groups is 1. The zero-order valence-electron chi connectivity index (χ0n) is 13.7. The molecule has 130 valence electrons. The Labute approximate surface area is 143 Å². The summed E-state index contributed by atoms with van der Waals surface area (Å²) in [5.41, 5.74) is 0.659. The molecular formula is C17H16N2O6. The molecule has 2 aromatic rings. The molecule has 1 heterocycles. The molecule has 0 aliphatic carbocycles. The van der Waals surface area contributed by atoms with Gasteiger partial charge in [0.25, 0.3) is 11.6 Å². The average Bonchev–Trinajstić information content (AvgIpc) is 2.65. The van der Waals surface area contributed by atoms with Crippen molar-refractivity contribution in [3.63, 3.8) is 0 Å². The third-order valence-corrected chi connectivity index (χ3v) is 3.89. The van der Waals surface area contributed by atoms with E-state index in [1.54, 1.807) is 18.2 Å². The van der Waals surface area contributed by atoms with Gasteiger partial charge in [-0.25, -0.2) is 0 Å². The second-order valence-electron chi connectivity index (χ2n) is 5.28.